The Kier molecular flexibility index (Phi) is 4.72. The summed E-state index contributed by atoms with van der Waals surface area (Å²) in [6.07, 6.45) is 0. The van der Waals surface area contributed by atoms with Crippen LogP contribution in [-0.2, 0) is 19.1 Å². The van der Waals surface area contributed by atoms with Crippen LogP contribution in [0.25, 0.3) is 0 Å². The van der Waals surface area contributed by atoms with Gasteiger partial charge in [0.15, 0.2) is 5.54 Å². The third-order valence-corrected chi connectivity index (χ3v) is 5.90. The SMILES string of the molecule is COC(=O)[C@]1(CO)N[C@H](c2ccc(C)cc2)[C@H]2C(=O)N(c3ccccc3)C(=O)[C@H]21. The van der Waals surface area contributed by atoms with Crippen molar-refractivity contribution in [2.45, 2.75) is 18.5 Å². The monoisotopic (exact) mass is 394 g/mol. The number of nitrogens with zero attached hydrogens (tertiary/aromatic N) is 1. The number of benzene rings is 2. The van der Waals surface area contributed by atoms with Crippen molar-refractivity contribution in [1.82, 2.24) is 5.32 Å². The molecule has 0 spiro atoms. The average molecular weight is 394 g/mol. The Balaban J connectivity index is 1.85. The van der Waals surface area contributed by atoms with Crippen LogP contribution in [0.3, 0.4) is 0 Å². The summed E-state index contributed by atoms with van der Waals surface area (Å²) in [5.74, 6) is -3.59. The van der Waals surface area contributed by atoms with Crippen molar-refractivity contribution in [2.24, 2.45) is 11.8 Å². The van der Waals surface area contributed by atoms with Crippen LogP contribution < -0.4 is 10.2 Å². The molecule has 4 atom stereocenters. The van der Waals surface area contributed by atoms with Gasteiger partial charge in [0.2, 0.25) is 11.8 Å². The molecule has 2 aromatic rings. The number of methoxy groups -OCH3 is 1. The molecule has 7 nitrogen and oxygen atoms in total. The summed E-state index contributed by atoms with van der Waals surface area (Å²) in [4.78, 5) is 40.6. The van der Waals surface area contributed by atoms with Crippen LogP contribution in [0.1, 0.15) is 17.2 Å². The van der Waals surface area contributed by atoms with Crippen LogP contribution in [-0.4, -0.2) is 42.1 Å². The molecule has 29 heavy (non-hydrogen) atoms. The van der Waals surface area contributed by atoms with Gasteiger partial charge in [-0.1, -0.05) is 48.0 Å². The second-order valence-corrected chi connectivity index (χ2v) is 7.50. The van der Waals surface area contributed by atoms with E-state index in [1.165, 1.54) is 7.11 Å². The van der Waals surface area contributed by atoms with E-state index in [2.05, 4.69) is 5.32 Å². The Bertz CT molecular complexity index is 959. The van der Waals surface area contributed by atoms with Gasteiger partial charge in [-0.25, -0.2) is 9.69 Å². The smallest absolute Gasteiger partial charge is 0.329 e. The molecule has 2 fully saturated rings. The molecule has 2 aromatic carbocycles. The number of hydrogen-bond donors (Lipinski definition) is 2. The lowest BCUT2D eigenvalue weighted by Crippen LogP contribution is -2.59. The zero-order valence-electron chi connectivity index (χ0n) is 16.2. The number of amides is 2. The fourth-order valence-electron chi connectivity index (χ4n) is 4.47. The number of para-hydroxylation sites is 1. The Morgan fingerprint density at radius 3 is 2.34 bits per heavy atom. The first-order valence-electron chi connectivity index (χ1n) is 9.41. The largest absolute Gasteiger partial charge is 0.468 e. The molecule has 150 valence electrons. The quantitative estimate of drug-likeness (QED) is 0.600. The third-order valence-electron chi connectivity index (χ3n) is 5.90. The third kappa shape index (κ3) is 2.77. The molecule has 2 saturated heterocycles. The summed E-state index contributed by atoms with van der Waals surface area (Å²) in [6, 6.07) is 15.5. The van der Waals surface area contributed by atoms with Crippen LogP contribution in [0.2, 0.25) is 0 Å². The van der Waals surface area contributed by atoms with Gasteiger partial charge in [0.05, 0.1) is 31.2 Å². The Labute approximate surface area is 168 Å². The number of carbonyl (C=O) groups is 3. The van der Waals surface area contributed by atoms with Gasteiger partial charge in [0.25, 0.3) is 0 Å². The van der Waals surface area contributed by atoms with Crippen LogP contribution in [0.4, 0.5) is 5.69 Å². The van der Waals surface area contributed by atoms with E-state index in [0.29, 0.717) is 5.69 Å². The summed E-state index contributed by atoms with van der Waals surface area (Å²) in [5, 5.41) is 13.3. The van der Waals surface area contributed by atoms with Gasteiger partial charge in [-0.2, -0.15) is 0 Å². The van der Waals surface area contributed by atoms with E-state index < -0.39 is 47.8 Å². The van der Waals surface area contributed by atoms with E-state index in [1.807, 2.05) is 31.2 Å². The summed E-state index contributed by atoms with van der Waals surface area (Å²) in [7, 11) is 1.20. The summed E-state index contributed by atoms with van der Waals surface area (Å²) in [5.41, 5.74) is 0.562. The molecule has 4 rings (SSSR count). The molecule has 2 aliphatic heterocycles. The van der Waals surface area contributed by atoms with Gasteiger partial charge in [-0.05, 0) is 24.6 Å². The lowest BCUT2D eigenvalue weighted by atomic mass is 9.79. The standard InChI is InChI=1S/C22H22N2O5/c1-13-8-10-14(11-9-13)18-16-17(22(12-25,23-18)21(28)29-2)20(27)24(19(16)26)15-6-4-3-5-7-15/h3-11,16-18,23,25H,12H2,1-2H3/t16-,17-,18+,22+/m0/s1. The topological polar surface area (TPSA) is 95.9 Å². The van der Waals surface area contributed by atoms with Crippen LogP contribution in [0.5, 0.6) is 0 Å². The number of esters is 1. The predicted molar refractivity (Wildman–Crippen MR) is 105 cm³/mol. The number of aliphatic hydroxyl groups is 1. The van der Waals surface area contributed by atoms with Crippen molar-refractivity contribution in [3.05, 3.63) is 65.7 Å². The van der Waals surface area contributed by atoms with Gasteiger partial charge in [0.1, 0.15) is 0 Å². The maximum absolute atomic E-state index is 13.4. The zero-order chi connectivity index (χ0) is 20.8. The molecule has 0 bridgehead atoms. The van der Waals surface area contributed by atoms with Crippen molar-refractivity contribution in [2.75, 3.05) is 18.6 Å². The number of carbonyl (C=O) groups excluding carboxylic acids is 3. The number of nitrogens with one attached hydrogen (secondary N) is 1. The second kappa shape index (κ2) is 7.09. The lowest BCUT2D eigenvalue weighted by molar-refractivity contribution is -0.154. The van der Waals surface area contributed by atoms with E-state index in [1.54, 1.807) is 30.3 Å². The molecule has 0 aliphatic carbocycles. The molecule has 0 aromatic heterocycles. The highest BCUT2D eigenvalue weighted by Crippen LogP contribution is 2.49. The van der Waals surface area contributed by atoms with E-state index in [-0.39, 0.29) is 0 Å². The Morgan fingerprint density at radius 2 is 1.76 bits per heavy atom. The number of ether oxygens (including phenoxy) is 1. The molecule has 7 heteroatoms. The van der Waals surface area contributed by atoms with Gasteiger partial charge in [0, 0.05) is 6.04 Å². The molecular weight excluding hydrogens is 372 g/mol. The molecule has 2 amide bonds. The molecule has 0 radical (unpaired) electrons. The Hall–Kier alpha value is -3.03. The molecule has 0 unspecified atom stereocenters. The normalized spacial score (nSPS) is 28.5. The van der Waals surface area contributed by atoms with Crippen molar-refractivity contribution in [3.63, 3.8) is 0 Å². The number of hydrogen-bond acceptors (Lipinski definition) is 6. The van der Waals surface area contributed by atoms with Crippen molar-refractivity contribution in [3.8, 4) is 0 Å². The highest BCUT2D eigenvalue weighted by Gasteiger charge is 2.69. The van der Waals surface area contributed by atoms with Gasteiger partial charge >= 0.3 is 5.97 Å². The number of fused-ring (bicyclic) bond motifs is 1. The van der Waals surface area contributed by atoms with E-state index in [0.717, 1.165) is 16.0 Å². The lowest BCUT2D eigenvalue weighted by Gasteiger charge is -2.30. The number of aliphatic hydroxyl groups excluding tert-OH is 1. The Morgan fingerprint density at radius 1 is 1.10 bits per heavy atom. The number of aryl methyl sites for hydroxylation is 1. The molecular formula is C22H22N2O5. The fourth-order valence-corrected chi connectivity index (χ4v) is 4.47. The van der Waals surface area contributed by atoms with Crippen molar-refractivity contribution < 1.29 is 24.2 Å². The number of rotatable bonds is 4. The molecule has 2 heterocycles. The maximum atomic E-state index is 13.4. The summed E-state index contributed by atoms with van der Waals surface area (Å²) < 4.78 is 4.92. The first-order valence-corrected chi connectivity index (χ1v) is 9.41. The van der Waals surface area contributed by atoms with E-state index in [9.17, 15) is 19.5 Å². The van der Waals surface area contributed by atoms with Crippen LogP contribution >= 0.6 is 0 Å². The summed E-state index contributed by atoms with van der Waals surface area (Å²) in [6.45, 7) is 1.29. The van der Waals surface area contributed by atoms with Gasteiger partial charge in [-0.3, -0.25) is 14.9 Å². The average Bonchev–Trinajstić information content (AvgIpc) is 3.23. The first-order chi connectivity index (χ1) is 13.9. The van der Waals surface area contributed by atoms with Crippen LogP contribution in [0, 0.1) is 18.8 Å². The van der Waals surface area contributed by atoms with Crippen LogP contribution in [0.15, 0.2) is 54.6 Å². The number of imide groups is 1. The highest BCUT2D eigenvalue weighted by atomic mass is 16.5. The minimum atomic E-state index is -1.69. The van der Waals surface area contributed by atoms with Gasteiger partial charge in [-0.15, -0.1) is 0 Å². The van der Waals surface area contributed by atoms with E-state index in [4.69, 9.17) is 4.74 Å². The minimum absolute atomic E-state index is 0.400. The maximum Gasteiger partial charge on any atom is 0.329 e. The predicted octanol–water partition coefficient (Wildman–Crippen LogP) is 1.35. The molecule has 2 aliphatic rings. The van der Waals surface area contributed by atoms with E-state index >= 15 is 0 Å². The second-order valence-electron chi connectivity index (χ2n) is 7.50. The zero-order valence-corrected chi connectivity index (χ0v) is 16.2. The summed E-state index contributed by atoms with van der Waals surface area (Å²) >= 11 is 0. The minimum Gasteiger partial charge on any atom is -0.468 e. The van der Waals surface area contributed by atoms with Gasteiger partial charge < -0.3 is 9.84 Å². The molecule has 0 saturated carbocycles. The molecule has 2 N–H and O–H groups in total. The highest BCUT2D eigenvalue weighted by molar-refractivity contribution is 6.24. The van der Waals surface area contributed by atoms with Crippen molar-refractivity contribution in [1.29, 1.82) is 0 Å². The number of anilines is 1. The van der Waals surface area contributed by atoms with Crippen molar-refractivity contribution >= 4 is 23.5 Å². The first kappa shape index (κ1) is 19.3. The fraction of sp³-hybridized carbons (Fsp3) is 0.318.